The first-order valence-electron chi connectivity index (χ1n) is 7.09. The summed E-state index contributed by atoms with van der Waals surface area (Å²) < 4.78 is 14.9. The van der Waals surface area contributed by atoms with E-state index >= 15 is 0 Å². The monoisotopic (exact) mass is 328 g/mol. The van der Waals surface area contributed by atoms with Crippen LogP contribution in [-0.2, 0) is 6.54 Å². The number of anilines is 1. The molecule has 0 radical (unpaired) electrons. The van der Waals surface area contributed by atoms with E-state index in [9.17, 15) is 4.39 Å². The quantitative estimate of drug-likeness (QED) is 0.902. The van der Waals surface area contributed by atoms with Crippen LogP contribution in [0, 0.1) is 11.7 Å². The number of hydrogen-bond acceptors (Lipinski definition) is 2. The van der Waals surface area contributed by atoms with Crippen LogP contribution in [0.2, 0.25) is 0 Å². The van der Waals surface area contributed by atoms with E-state index in [0.717, 1.165) is 24.6 Å². The number of rotatable bonds is 4. The Labute approximate surface area is 123 Å². The van der Waals surface area contributed by atoms with E-state index in [2.05, 4.69) is 27.8 Å². The lowest BCUT2D eigenvalue weighted by Crippen LogP contribution is -2.34. The summed E-state index contributed by atoms with van der Waals surface area (Å²) >= 11 is 3.31. The van der Waals surface area contributed by atoms with Crippen molar-refractivity contribution in [3.63, 3.8) is 0 Å². The van der Waals surface area contributed by atoms with Crippen molar-refractivity contribution in [1.82, 2.24) is 0 Å². The maximum atomic E-state index is 14.3. The fourth-order valence-electron chi connectivity index (χ4n) is 2.85. The second-order valence-electron chi connectivity index (χ2n) is 5.29. The molecule has 106 valence electrons. The van der Waals surface area contributed by atoms with Gasteiger partial charge < -0.3 is 10.6 Å². The summed E-state index contributed by atoms with van der Waals surface area (Å²) in [6.07, 6.45) is 4.88. The van der Waals surface area contributed by atoms with Gasteiger partial charge in [0.25, 0.3) is 0 Å². The zero-order valence-electron chi connectivity index (χ0n) is 11.5. The van der Waals surface area contributed by atoms with Gasteiger partial charge in [0, 0.05) is 19.6 Å². The van der Waals surface area contributed by atoms with Crippen LogP contribution in [0.3, 0.4) is 0 Å². The zero-order valence-corrected chi connectivity index (χ0v) is 13.0. The molecule has 0 amide bonds. The van der Waals surface area contributed by atoms with Crippen LogP contribution in [0.4, 0.5) is 10.1 Å². The highest BCUT2D eigenvalue weighted by Crippen LogP contribution is 2.32. The van der Waals surface area contributed by atoms with Crippen molar-refractivity contribution in [3.05, 3.63) is 28.0 Å². The smallest absolute Gasteiger partial charge is 0.160 e. The molecule has 0 spiro atoms. The van der Waals surface area contributed by atoms with Gasteiger partial charge in [0.2, 0.25) is 0 Å². The molecule has 1 aromatic rings. The lowest BCUT2D eigenvalue weighted by molar-refractivity contribution is 0.376. The van der Waals surface area contributed by atoms with Gasteiger partial charge in [-0.15, -0.1) is 0 Å². The summed E-state index contributed by atoms with van der Waals surface area (Å²) in [6.45, 7) is 4.50. The molecule has 19 heavy (non-hydrogen) atoms. The molecule has 1 aromatic carbocycles. The molecule has 0 aromatic heterocycles. The van der Waals surface area contributed by atoms with E-state index in [1.807, 2.05) is 12.1 Å². The SMILES string of the molecule is CCCC1CCN(c2ccc(CN)c(Br)c2F)CC1. The Kier molecular flexibility index (Phi) is 5.22. The predicted molar refractivity (Wildman–Crippen MR) is 81.8 cm³/mol. The lowest BCUT2D eigenvalue weighted by atomic mass is 9.92. The third-order valence-corrected chi connectivity index (χ3v) is 4.87. The summed E-state index contributed by atoms with van der Waals surface area (Å²) in [5, 5.41) is 0. The van der Waals surface area contributed by atoms with Gasteiger partial charge in [-0.2, -0.15) is 0 Å². The zero-order chi connectivity index (χ0) is 13.8. The van der Waals surface area contributed by atoms with E-state index in [1.54, 1.807) is 0 Å². The maximum Gasteiger partial charge on any atom is 0.160 e. The molecule has 1 heterocycles. The summed E-state index contributed by atoms with van der Waals surface area (Å²) in [6, 6.07) is 3.78. The fraction of sp³-hybridized carbons (Fsp3) is 0.600. The first-order valence-corrected chi connectivity index (χ1v) is 7.88. The number of benzene rings is 1. The van der Waals surface area contributed by atoms with Crippen molar-refractivity contribution < 1.29 is 4.39 Å². The molecule has 1 aliphatic heterocycles. The Hall–Kier alpha value is -0.610. The number of nitrogens with zero attached hydrogens (tertiary/aromatic N) is 1. The Morgan fingerprint density at radius 1 is 1.37 bits per heavy atom. The van der Waals surface area contributed by atoms with E-state index in [1.165, 1.54) is 25.7 Å². The molecule has 1 saturated heterocycles. The van der Waals surface area contributed by atoms with Crippen molar-refractivity contribution in [1.29, 1.82) is 0 Å². The normalized spacial score (nSPS) is 16.9. The molecule has 0 unspecified atom stereocenters. The third kappa shape index (κ3) is 3.29. The van der Waals surface area contributed by atoms with Crippen molar-refractivity contribution in [2.24, 2.45) is 11.7 Å². The van der Waals surface area contributed by atoms with Crippen LogP contribution in [-0.4, -0.2) is 13.1 Å². The first-order chi connectivity index (χ1) is 9.17. The molecule has 2 nitrogen and oxygen atoms in total. The summed E-state index contributed by atoms with van der Waals surface area (Å²) in [7, 11) is 0. The van der Waals surface area contributed by atoms with E-state index in [-0.39, 0.29) is 5.82 Å². The van der Waals surface area contributed by atoms with Gasteiger partial charge in [-0.1, -0.05) is 25.8 Å². The summed E-state index contributed by atoms with van der Waals surface area (Å²) in [4.78, 5) is 2.16. The van der Waals surface area contributed by atoms with Gasteiger partial charge in [0.15, 0.2) is 5.82 Å². The molecule has 0 saturated carbocycles. The van der Waals surface area contributed by atoms with Crippen LogP contribution < -0.4 is 10.6 Å². The molecule has 2 N–H and O–H groups in total. The highest BCUT2D eigenvalue weighted by Gasteiger charge is 2.22. The average molecular weight is 329 g/mol. The van der Waals surface area contributed by atoms with Gasteiger partial charge >= 0.3 is 0 Å². The first kappa shape index (κ1) is 14.8. The van der Waals surface area contributed by atoms with Crippen molar-refractivity contribution >= 4 is 21.6 Å². The Morgan fingerprint density at radius 3 is 2.63 bits per heavy atom. The Bertz CT molecular complexity index is 428. The van der Waals surface area contributed by atoms with E-state index in [4.69, 9.17) is 5.73 Å². The van der Waals surface area contributed by atoms with E-state index < -0.39 is 0 Å². The van der Waals surface area contributed by atoms with Gasteiger partial charge in [0.05, 0.1) is 10.2 Å². The summed E-state index contributed by atoms with van der Waals surface area (Å²) in [5.74, 6) is 0.646. The topological polar surface area (TPSA) is 29.3 Å². The highest BCUT2D eigenvalue weighted by atomic mass is 79.9. The Balaban J connectivity index is 2.09. The standard InChI is InChI=1S/C15H22BrFN2/c1-2-3-11-6-8-19(9-7-11)13-5-4-12(10-18)14(16)15(13)17/h4-5,11H,2-3,6-10,18H2,1H3. The van der Waals surface area contributed by atoms with Crippen LogP contribution in [0.1, 0.15) is 38.2 Å². The minimum Gasteiger partial charge on any atom is -0.369 e. The van der Waals surface area contributed by atoms with Gasteiger partial charge in [-0.3, -0.25) is 0 Å². The molecular weight excluding hydrogens is 307 g/mol. The lowest BCUT2D eigenvalue weighted by Gasteiger charge is -2.34. The molecule has 4 heteroatoms. The average Bonchev–Trinajstić information content (AvgIpc) is 2.43. The van der Waals surface area contributed by atoms with Gasteiger partial charge in [-0.05, 0) is 46.3 Å². The Morgan fingerprint density at radius 2 is 2.05 bits per heavy atom. The molecule has 0 bridgehead atoms. The van der Waals surface area contributed by atoms with Crippen molar-refractivity contribution in [3.8, 4) is 0 Å². The van der Waals surface area contributed by atoms with Crippen LogP contribution >= 0.6 is 15.9 Å². The van der Waals surface area contributed by atoms with Crippen LogP contribution in [0.25, 0.3) is 0 Å². The van der Waals surface area contributed by atoms with Crippen molar-refractivity contribution in [2.45, 2.75) is 39.2 Å². The van der Waals surface area contributed by atoms with Crippen LogP contribution in [0.5, 0.6) is 0 Å². The minimum absolute atomic E-state index is 0.170. The fourth-order valence-corrected chi connectivity index (χ4v) is 3.35. The number of piperidine rings is 1. The molecule has 0 aliphatic carbocycles. The van der Waals surface area contributed by atoms with Crippen molar-refractivity contribution in [2.75, 3.05) is 18.0 Å². The molecular formula is C15H22BrFN2. The summed E-state index contributed by atoms with van der Waals surface area (Å²) in [5.41, 5.74) is 7.12. The predicted octanol–water partition coefficient (Wildman–Crippen LogP) is 4.06. The highest BCUT2D eigenvalue weighted by molar-refractivity contribution is 9.10. The second-order valence-corrected chi connectivity index (χ2v) is 6.09. The number of nitrogens with two attached hydrogens (primary N) is 1. The third-order valence-electron chi connectivity index (χ3n) is 4.01. The van der Waals surface area contributed by atoms with E-state index in [0.29, 0.717) is 16.7 Å². The molecule has 2 rings (SSSR count). The molecule has 1 fully saturated rings. The van der Waals surface area contributed by atoms with Crippen LogP contribution in [0.15, 0.2) is 16.6 Å². The largest absolute Gasteiger partial charge is 0.369 e. The van der Waals surface area contributed by atoms with Gasteiger partial charge in [-0.25, -0.2) is 4.39 Å². The second kappa shape index (κ2) is 6.71. The maximum absolute atomic E-state index is 14.3. The minimum atomic E-state index is -0.170. The molecule has 0 atom stereocenters. The van der Waals surface area contributed by atoms with Gasteiger partial charge in [0.1, 0.15) is 0 Å². The number of hydrogen-bond donors (Lipinski definition) is 1. The number of halogens is 2. The molecule has 1 aliphatic rings.